The van der Waals surface area contributed by atoms with Gasteiger partial charge in [-0.2, -0.15) is 0 Å². The molecule has 0 aliphatic heterocycles. The number of rotatable bonds is 7. The number of benzene rings is 4. The van der Waals surface area contributed by atoms with Gasteiger partial charge in [-0.3, -0.25) is 0 Å². The molecule has 0 bridgehead atoms. The maximum absolute atomic E-state index is 6.24. The van der Waals surface area contributed by atoms with Crippen LogP contribution in [0.15, 0.2) is 109 Å². The molecule has 0 saturated heterocycles. The molecule has 4 aromatic carbocycles. The molecule has 2 heteroatoms. The maximum Gasteiger partial charge on any atom is 0.119 e. The van der Waals surface area contributed by atoms with E-state index in [1.54, 1.807) is 0 Å². The zero-order chi connectivity index (χ0) is 19.5. The highest BCUT2D eigenvalue weighted by atomic mass is 16.5. The molecule has 0 heterocycles. The zero-order valence-corrected chi connectivity index (χ0v) is 17.1. The van der Waals surface area contributed by atoms with E-state index < -0.39 is 0 Å². The first-order chi connectivity index (χ1) is 14.4. The van der Waals surface area contributed by atoms with Gasteiger partial charge in [0.2, 0.25) is 0 Å². The van der Waals surface area contributed by atoms with Crippen molar-refractivity contribution < 1.29 is 4.74 Å². The summed E-state index contributed by atoms with van der Waals surface area (Å²) in [5, 5.41) is 0. The quantitative estimate of drug-likeness (QED) is 0.318. The topological polar surface area (TPSA) is 44.2 Å². The third-order valence-corrected chi connectivity index (χ3v) is 5.98. The van der Waals surface area contributed by atoms with E-state index in [1.807, 2.05) is 0 Å². The van der Waals surface area contributed by atoms with Gasteiger partial charge in [0.25, 0.3) is 0 Å². The zero-order valence-electron chi connectivity index (χ0n) is 17.1. The lowest BCUT2D eigenvalue weighted by Crippen LogP contribution is -2.31. The Labute approximate surface area is 178 Å². The molecule has 0 atom stereocenters. The van der Waals surface area contributed by atoms with Gasteiger partial charge < -0.3 is 10.9 Å². The summed E-state index contributed by atoms with van der Waals surface area (Å²) in [6.07, 6.45) is 1.98. The van der Waals surface area contributed by atoms with Crippen molar-refractivity contribution in [1.29, 1.82) is 0 Å². The summed E-state index contributed by atoms with van der Waals surface area (Å²) in [4.78, 5) is 0. The first-order valence-corrected chi connectivity index (χ1v) is 10.3. The molecule has 0 aromatic heterocycles. The summed E-state index contributed by atoms with van der Waals surface area (Å²) < 4.78 is 6.24. The first kappa shape index (κ1) is 19.9. The Morgan fingerprint density at radius 1 is 0.600 bits per heavy atom. The van der Waals surface area contributed by atoms with Gasteiger partial charge in [-0.05, 0) is 52.8 Å². The van der Waals surface area contributed by atoms with Gasteiger partial charge >= 0.3 is 0 Å². The van der Waals surface area contributed by atoms with Crippen LogP contribution in [-0.2, 0) is 11.8 Å². The summed E-state index contributed by atoms with van der Waals surface area (Å²) in [6, 6.07) is 38.9. The largest absolute Gasteiger partial charge is 0.494 e. The molecule has 4 aromatic rings. The van der Waals surface area contributed by atoms with Gasteiger partial charge in [0.1, 0.15) is 5.75 Å². The summed E-state index contributed by atoms with van der Waals surface area (Å²) >= 11 is 0. The third-order valence-electron chi connectivity index (χ3n) is 5.98. The van der Waals surface area contributed by atoms with Crippen LogP contribution in [0, 0.1) is 0 Å². The van der Waals surface area contributed by atoms with E-state index in [4.69, 9.17) is 4.74 Å². The highest BCUT2D eigenvalue weighted by Gasteiger charge is 2.36. The molecule has 3 N–H and O–H groups in total. The summed E-state index contributed by atoms with van der Waals surface area (Å²) in [5.41, 5.74) is 6.49. The molecule has 1 aliphatic rings. The molecule has 0 amide bonds. The smallest absolute Gasteiger partial charge is 0.119 e. The summed E-state index contributed by atoms with van der Waals surface area (Å²) in [5.74, 6) is 0.976. The van der Waals surface area contributed by atoms with Crippen LogP contribution >= 0.6 is 0 Å². The molecule has 0 fully saturated rings. The van der Waals surface area contributed by atoms with E-state index in [2.05, 4.69) is 109 Å². The van der Waals surface area contributed by atoms with Crippen LogP contribution < -0.4 is 10.9 Å². The Morgan fingerprint density at radius 2 is 1.10 bits per heavy atom. The number of hydrogen-bond donors (Lipinski definition) is 1. The number of hydrogen-bond acceptors (Lipinski definition) is 2. The molecule has 5 rings (SSSR count). The standard InChI is InChI=1S/C28H24O.H3N/c1-4-10-24(11-5-1)28(25-12-6-2-7-13-25,26-14-8-3-9-15-26)18-19-29-27-17-16-22-20-23(22)21-27;/h1-17,21H,18-20H2;1H3. The maximum atomic E-state index is 6.24. The van der Waals surface area contributed by atoms with E-state index >= 15 is 0 Å². The third kappa shape index (κ3) is 3.74. The fourth-order valence-electron chi connectivity index (χ4n) is 4.39. The molecule has 150 valence electrons. The van der Waals surface area contributed by atoms with Crippen molar-refractivity contribution in [2.45, 2.75) is 18.3 Å². The van der Waals surface area contributed by atoms with Gasteiger partial charge in [-0.25, -0.2) is 0 Å². The van der Waals surface area contributed by atoms with Gasteiger partial charge in [-0.15, -0.1) is 0 Å². The predicted molar refractivity (Wildman–Crippen MR) is 124 cm³/mol. The Balaban J connectivity index is 0.00000218. The van der Waals surface area contributed by atoms with Crippen LogP contribution in [0.25, 0.3) is 0 Å². The van der Waals surface area contributed by atoms with Crippen molar-refractivity contribution in [3.05, 3.63) is 137 Å². The van der Waals surface area contributed by atoms with E-state index in [1.165, 1.54) is 27.8 Å². The van der Waals surface area contributed by atoms with Crippen molar-refractivity contribution in [2.24, 2.45) is 0 Å². The van der Waals surface area contributed by atoms with E-state index in [0.29, 0.717) is 6.61 Å². The van der Waals surface area contributed by atoms with Gasteiger partial charge in [-0.1, -0.05) is 97.1 Å². The number of fused-ring (bicyclic) bond motifs is 1. The molecule has 2 nitrogen and oxygen atoms in total. The molecular formula is C28H27NO. The van der Waals surface area contributed by atoms with E-state index in [9.17, 15) is 0 Å². The van der Waals surface area contributed by atoms with Crippen LogP contribution in [0.2, 0.25) is 0 Å². The second-order valence-corrected chi connectivity index (χ2v) is 7.71. The molecule has 0 saturated carbocycles. The predicted octanol–water partition coefficient (Wildman–Crippen LogP) is 6.56. The first-order valence-electron chi connectivity index (χ1n) is 10.3. The molecule has 0 unspecified atom stereocenters. The normalized spacial score (nSPS) is 11.9. The SMILES string of the molecule is N.c1ccc(C(CCOc2ccc3c(c2)C3)(c2ccccc2)c2ccccc2)cc1. The fraction of sp³-hybridized carbons (Fsp3) is 0.143. The lowest BCUT2D eigenvalue weighted by atomic mass is 9.67. The molecular weight excluding hydrogens is 366 g/mol. The van der Waals surface area contributed by atoms with Crippen LogP contribution in [0.3, 0.4) is 0 Å². The second kappa shape index (κ2) is 8.56. The van der Waals surface area contributed by atoms with Crippen LogP contribution in [0.1, 0.15) is 34.2 Å². The lowest BCUT2D eigenvalue weighted by Gasteiger charge is -2.36. The van der Waals surface area contributed by atoms with Crippen molar-refractivity contribution in [2.75, 3.05) is 6.61 Å². The van der Waals surface area contributed by atoms with Gasteiger partial charge in [0, 0.05) is 5.41 Å². The minimum atomic E-state index is -0.257. The Bertz CT molecular complexity index is 995. The monoisotopic (exact) mass is 393 g/mol. The van der Waals surface area contributed by atoms with Gasteiger partial charge in [0.05, 0.1) is 6.61 Å². The van der Waals surface area contributed by atoms with Crippen LogP contribution in [0.5, 0.6) is 5.75 Å². The number of ether oxygens (including phenoxy) is 1. The molecule has 1 aliphatic carbocycles. The molecule has 0 spiro atoms. The highest BCUT2D eigenvalue weighted by molar-refractivity contribution is 5.51. The minimum absolute atomic E-state index is 0. The average Bonchev–Trinajstić information content (AvgIpc) is 3.58. The lowest BCUT2D eigenvalue weighted by molar-refractivity contribution is 0.286. The van der Waals surface area contributed by atoms with Crippen molar-refractivity contribution in [3.63, 3.8) is 0 Å². The van der Waals surface area contributed by atoms with Crippen molar-refractivity contribution >= 4 is 0 Å². The van der Waals surface area contributed by atoms with E-state index in [0.717, 1.165) is 18.6 Å². The summed E-state index contributed by atoms with van der Waals surface area (Å²) in [7, 11) is 0. The minimum Gasteiger partial charge on any atom is -0.494 e. The Kier molecular flexibility index (Phi) is 5.69. The average molecular weight is 394 g/mol. The highest BCUT2D eigenvalue weighted by Crippen LogP contribution is 2.42. The van der Waals surface area contributed by atoms with Crippen LogP contribution in [0.4, 0.5) is 0 Å². The van der Waals surface area contributed by atoms with Crippen molar-refractivity contribution in [1.82, 2.24) is 6.15 Å². The van der Waals surface area contributed by atoms with Crippen molar-refractivity contribution in [3.8, 4) is 5.75 Å². The second-order valence-electron chi connectivity index (χ2n) is 7.71. The van der Waals surface area contributed by atoms with E-state index in [-0.39, 0.29) is 11.6 Å². The van der Waals surface area contributed by atoms with Crippen LogP contribution in [-0.4, -0.2) is 6.61 Å². The Morgan fingerprint density at radius 3 is 1.57 bits per heavy atom. The Hall–Kier alpha value is -3.36. The van der Waals surface area contributed by atoms with Gasteiger partial charge in [0.15, 0.2) is 0 Å². The molecule has 30 heavy (non-hydrogen) atoms. The summed E-state index contributed by atoms with van der Waals surface area (Å²) in [6.45, 7) is 0.650. The fourth-order valence-corrected chi connectivity index (χ4v) is 4.39. The molecule has 0 radical (unpaired) electrons.